The Balaban J connectivity index is 1.83. The molecular weight excluding hydrogens is 234 g/mol. The number of aliphatic hydroxyl groups excluding tert-OH is 1. The number of aliphatic hydroxyl groups is 1. The normalized spacial score (nSPS) is 25.2. The summed E-state index contributed by atoms with van der Waals surface area (Å²) >= 11 is 2.06. The first-order chi connectivity index (χ1) is 8.29. The molecule has 17 heavy (non-hydrogen) atoms. The molecule has 1 atom stereocenters. The van der Waals surface area contributed by atoms with E-state index in [2.05, 4.69) is 21.8 Å². The fourth-order valence-corrected chi connectivity index (χ4v) is 4.19. The van der Waals surface area contributed by atoms with E-state index in [9.17, 15) is 5.11 Å². The quantitative estimate of drug-likeness (QED) is 0.845. The number of hydrogen-bond donors (Lipinski definition) is 1. The molecule has 0 spiro atoms. The van der Waals surface area contributed by atoms with E-state index in [1.54, 1.807) is 0 Å². The first-order valence-corrected chi connectivity index (χ1v) is 7.41. The molecule has 0 radical (unpaired) electrons. The summed E-state index contributed by atoms with van der Waals surface area (Å²) in [6.07, 6.45) is 2.38. The molecule has 0 amide bonds. The lowest BCUT2D eigenvalue weighted by Crippen LogP contribution is -2.39. The summed E-state index contributed by atoms with van der Waals surface area (Å²) in [6.45, 7) is 2.18. The van der Waals surface area contributed by atoms with E-state index in [1.807, 2.05) is 11.7 Å². The van der Waals surface area contributed by atoms with Gasteiger partial charge in [-0.1, -0.05) is 0 Å². The van der Waals surface area contributed by atoms with Crippen LogP contribution in [0.25, 0.3) is 0 Å². The molecule has 1 aromatic rings. The number of thioether (sulfide) groups is 1. The third-order valence-electron chi connectivity index (χ3n) is 3.93. The number of fused-ring (bicyclic) bond motifs is 1. The van der Waals surface area contributed by atoms with E-state index in [1.165, 1.54) is 29.2 Å². The fourth-order valence-electron chi connectivity index (χ4n) is 2.94. The van der Waals surface area contributed by atoms with Crippen molar-refractivity contribution in [1.29, 1.82) is 0 Å². The summed E-state index contributed by atoms with van der Waals surface area (Å²) in [7, 11) is 1.99. The van der Waals surface area contributed by atoms with Crippen LogP contribution in [-0.2, 0) is 26.6 Å². The Hall–Kier alpha value is -0.520. The lowest BCUT2D eigenvalue weighted by Gasteiger charge is -2.32. The highest BCUT2D eigenvalue weighted by molar-refractivity contribution is 7.99. The third-order valence-corrected chi connectivity index (χ3v) is 5.07. The summed E-state index contributed by atoms with van der Waals surface area (Å²) in [5.41, 5.74) is 3.46. The number of rotatable bonds is 2. The van der Waals surface area contributed by atoms with Crippen LogP contribution in [0.3, 0.4) is 0 Å². The Morgan fingerprint density at radius 2 is 2.41 bits per heavy atom. The first-order valence-electron chi connectivity index (χ1n) is 6.26. The van der Waals surface area contributed by atoms with Gasteiger partial charge in [0.05, 0.1) is 12.3 Å². The van der Waals surface area contributed by atoms with Gasteiger partial charge in [0.2, 0.25) is 0 Å². The predicted molar refractivity (Wildman–Crippen MR) is 69.0 cm³/mol. The summed E-state index contributed by atoms with van der Waals surface area (Å²) < 4.78 is 1.95. The number of aryl methyl sites for hydroxylation is 1. The smallest absolute Gasteiger partial charge is 0.0926 e. The summed E-state index contributed by atoms with van der Waals surface area (Å²) in [5.74, 6) is 2.57. The number of hydrogen-bond acceptors (Lipinski definition) is 4. The molecule has 1 saturated heterocycles. The van der Waals surface area contributed by atoms with E-state index < -0.39 is 0 Å². The molecule has 4 nitrogen and oxygen atoms in total. The van der Waals surface area contributed by atoms with Gasteiger partial charge < -0.3 is 5.11 Å². The van der Waals surface area contributed by atoms with Gasteiger partial charge in [0, 0.05) is 49.6 Å². The van der Waals surface area contributed by atoms with Crippen LogP contribution in [0.5, 0.6) is 0 Å². The Bertz CT molecular complexity index is 412. The molecule has 3 heterocycles. The van der Waals surface area contributed by atoms with Gasteiger partial charge >= 0.3 is 0 Å². The second kappa shape index (κ2) is 4.63. The lowest BCUT2D eigenvalue weighted by atomic mass is 10.0. The van der Waals surface area contributed by atoms with Gasteiger partial charge in [-0.25, -0.2) is 0 Å². The van der Waals surface area contributed by atoms with Crippen LogP contribution < -0.4 is 0 Å². The largest absolute Gasteiger partial charge is 0.390 e. The minimum Gasteiger partial charge on any atom is -0.390 e. The molecule has 2 aliphatic rings. The molecule has 5 heteroatoms. The zero-order chi connectivity index (χ0) is 11.8. The van der Waals surface area contributed by atoms with Crippen molar-refractivity contribution in [1.82, 2.24) is 14.7 Å². The molecule has 0 aromatic carbocycles. The summed E-state index contributed by atoms with van der Waals surface area (Å²) in [5, 5.41) is 13.8. The van der Waals surface area contributed by atoms with Crippen LogP contribution in [0, 0.1) is 0 Å². The van der Waals surface area contributed by atoms with Gasteiger partial charge in [-0.2, -0.15) is 16.9 Å². The van der Waals surface area contributed by atoms with Gasteiger partial charge in [0.15, 0.2) is 0 Å². The third kappa shape index (κ3) is 2.00. The maximum atomic E-state index is 9.36. The van der Waals surface area contributed by atoms with Crippen molar-refractivity contribution in [2.45, 2.75) is 32.0 Å². The maximum Gasteiger partial charge on any atom is 0.0926 e. The molecule has 1 fully saturated rings. The lowest BCUT2D eigenvalue weighted by molar-refractivity contribution is 0.190. The van der Waals surface area contributed by atoms with Crippen molar-refractivity contribution >= 4 is 11.8 Å². The van der Waals surface area contributed by atoms with Gasteiger partial charge in [-0.05, 0) is 12.2 Å². The SMILES string of the molecule is Cn1nc(CO)c2c1CCN(C1CCSC1)C2. The van der Waals surface area contributed by atoms with Gasteiger partial charge in [-0.15, -0.1) is 0 Å². The van der Waals surface area contributed by atoms with E-state index in [4.69, 9.17) is 0 Å². The van der Waals surface area contributed by atoms with Crippen molar-refractivity contribution in [3.05, 3.63) is 17.0 Å². The Labute approximate surface area is 106 Å². The molecule has 1 aromatic heterocycles. The van der Waals surface area contributed by atoms with Gasteiger partial charge in [0.1, 0.15) is 0 Å². The molecule has 2 aliphatic heterocycles. The van der Waals surface area contributed by atoms with Crippen LogP contribution in [0.1, 0.15) is 23.4 Å². The Morgan fingerprint density at radius 1 is 1.53 bits per heavy atom. The molecule has 1 unspecified atom stereocenters. The Morgan fingerprint density at radius 3 is 3.12 bits per heavy atom. The minimum atomic E-state index is 0.0659. The molecule has 0 saturated carbocycles. The average molecular weight is 253 g/mol. The monoisotopic (exact) mass is 253 g/mol. The van der Waals surface area contributed by atoms with Crippen LogP contribution in [0.2, 0.25) is 0 Å². The van der Waals surface area contributed by atoms with E-state index in [0.717, 1.165) is 31.2 Å². The molecule has 0 bridgehead atoms. The number of nitrogens with zero attached hydrogens (tertiary/aromatic N) is 3. The molecular formula is C12H19N3OS. The highest BCUT2D eigenvalue weighted by Gasteiger charge is 2.29. The van der Waals surface area contributed by atoms with Crippen molar-refractivity contribution in [2.24, 2.45) is 7.05 Å². The van der Waals surface area contributed by atoms with E-state index >= 15 is 0 Å². The van der Waals surface area contributed by atoms with Crippen molar-refractivity contribution in [2.75, 3.05) is 18.1 Å². The summed E-state index contributed by atoms with van der Waals surface area (Å²) in [4.78, 5) is 2.57. The Kier molecular flexibility index (Phi) is 3.15. The van der Waals surface area contributed by atoms with E-state index in [0.29, 0.717) is 0 Å². The summed E-state index contributed by atoms with van der Waals surface area (Å²) in [6, 6.07) is 0.736. The zero-order valence-electron chi connectivity index (χ0n) is 10.2. The van der Waals surface area contributed by atoms with Gasteiger partial charge in [0.25, 0.3) is 0 Å². The molecule has 94 valence electrons. The van der Waals surface area contributed by atoms with Crippen molar-refractivity contribution in [3.63, 3.8) is 0 Å². The second-order valence-electron chi connectivity index (χ2n) is 4.89. The highest BCUT2D eigenvalue weighted by Crippen LogP contribution is 2.28. The topological polar surface area (TPSA) is 41.3 Å². The van der Waals surface area contributed by atoms with Crippen LogP contribution in [0.4, 0.5) is 0 Å². The molecule has 3 rings (SSSR count). The number of aromatic nitrogens is 2. The molecule has 0 aliphatic carbocycles. The van der Waals surface area contributed by atoms with Crippen LogP contribution >= 0.6 is 11.8 Å². The van der Waals surface area contributed by atoms with Crippen LogP contribution in [0.15, 0.2) is 0 Å². The first kappa shape index (κ1) is 11.6. The van der Waals surface area contributed by atoms with Crippen molar-refractivity contribution in [3.8, 4) is 0 Å². The second-order valence-corrected chi connectivity index (χ2v) is 6.04. The predicted octanol–water partition coefficient (Wildman–Crippen LogP) is 0.776. The standard InChI is InChI=1S/C12H19N3OS/c1-14-12-2-4-15(9-3-5-17-8-9)6-10(12)11(7-16)13-14/h9,16H,2-8H2,1H3. The van der Waals surface area contributed by atoms with E-state index in [-0.39, 0.29) is 6.61 Å². The highest BCUT2D eigenvalue weighted by atomic mass is 32.2. The van der Waals surface area contributed by atoms with Crippen molar-refractivity contribution < 1.29 is 5.11 Å². The van der Waals surface area contributed by atoms with Gasteiger partial charge in [-0.3, -0.25) is 9.58 Å². The average Bonchev–Trinajstić information content (AvgIpc) is 2.97. The maximum absolute atomic E-state index is 9.36. The fraction of sp³-hybridized carbons (Fsp3) is 0.750. The molecule has 1 N–H and O–H groups in total. The minimum absolute atomic E-state index is 0.0659. The van der Waals surface area contributed by atoms with Crippen LogP contribution in [-0.4, -0.2) is 43.9 Å². The zero-order valence-corrected chi connectivity index (χ0v) is 11.0.